The minimum absolute atomic E-state index is 0. The molecular formula is C17H20KN5O3. The zero-order valence-corrected chi connectivity index (χ0v) is 18.6. The van der Waals surface area contributed by atoms with Crippen molar-refractivity contribution in [2.75, 3.05) is 26.3 Å². The fourth-order valence-corrected chi connectivity index (χ4v) is 2.22. The van der Waals surface area contributed by atoms with Crippen LogP contribution < -0.4 is 65.9 Å². The average Bonchev–Trinajstić information content (AvgIpc) is 3.46. The Labute approximate surface area is 194 Å². The normalized spacial score (nSPS) is 11.8. The molecule has 1 fully saturated rings. The molecule has 9 heteroatoms. The fraction of sp³-hybridized carbons (Fsp3) is 0.353. The van der Waals surface area contributed by atoms with Gasteiger partial charge in [-0.3, -0.25) is 0 Å². The summed E-state index contributed by atoms with van der Waals surface area (Å²) < 4.78 is 10.6. The van der Waals surface area contributed by atoms with E-state index in [-0.39, 0.29) is 51.4 Å². The number of anilines is 1. The van der Waals surface area contributed by atoms with Gasteiger partial charge in [-0.15, -0.1) is 0 Å². The largest absolute Gasteiger partial charge is 1.00 e. The summed E-state index contributed by atoms with van der Waals surface area (Å²) in [5, 5.41) is 12.9. The van der Waals surface area contributed by atoms with E-state index in [1.165, 1.54) is 46.9 Å². The average molecular weight is 381 g/mol. The Balaban J connectivity index is 0.000000552. The number of methoxy groups -OCH3 is 2. The van der Waals surface area contributed by atoms with Crippen molar-refractivity contribution in [3.05, 3.63) is 29.9 Å². The first-order chi connectivity index (χ1) is 12.1. The molecule has 0 atom stereocenters. The summed E-state index contributed by atoms with van der Waals surface area (Å²) in [5.74, 6) is 1.13. The molecule has 0 saturated heterocycles. The van der Waals surface area contributed by atoms with Crippen LogP contribution >= 0.6 is 0 Å². The van der Waals surface area contributed by atoms with Gasteiger partial charge in [0.1, 0.15) is 17.7 Å². The first-order valence-electron chi connectivity index (χ1n) is 7.97. The molecule has 1 aliphatic rings. The number of fused-ring (bicyclic) bond motifs is 1. The van der Waals surface area contributed by atoms with Crippen LogP contribution in [0.15, 0.2) is 24.7 Å². The van der Waals surface area contributed by atoms with E-state index in [1.54, 1.807) is 12.3 Å². The number of nitrogens with zero attached hydrogens (tertiary/aromatic N) is 4. The van der Waals surface area contributed by atoms with E-state index >= 15 is 0 Å². The zero-order valence-electron chi connectivity index (χ0n) is 15.4. The van der Waals surface area contributed by atoms with E-state index in [1.807, 2.05) is 6.07 Å². The van der Waals surface area contributed by atoms with Crippen molar-refractivity contribution < 1.29 is 60.9 Å². The standard InChI is InChI=1S/C14H14N5O3.C3H6.K/c1-19(20)11-5-8-4-9(18-10(8)6-15-11)12-13(21-2)16-7-17-14(12)22-3;1-2-3-1;/h4-7,18H,1-3H3;1-3H2;/q-1;;+1. The summed E-state index contributed by atoms with van der Waals surface area (Å²) in [6.45, 7) is 0. The van der Waals surface area contributed by atoms with Crippen LogP contribution in [0.25, 0.3) is 22.2 Å². The van der Waals surface area contributed by atoms with Gasteiger partial charge in [0.05, 0.1) is 31.6 Å². The molecule has 8 nitrogen and oxygen atoms in total. The molecule has 3 heterocycles. The van der Waals surface area contributed by atoms with E-state index in [0.29, 0.717) is 28.2 Å². The van der Waals surface area contributed by atoms with Crippen molar-refractivity contribution in [3.63, 3.8) is 0 Å². The maximum Gasteiger partial charge on any atom is 1.00 e. The first kappa shape index (κ1) is 21.1. The Bertz CT molecular complexity index is 842. The maximum absolute atomic E-state index is 11.4. The molecule has 1 saturated carbocycles. The number of rotatable bonds is 4. The van der Waals surface area contributed by atoms with Crippen LogP contribution in [0.1, 0.15) is 19.3 Å². The van der Waals surface area contributed by atoms with Crippen molar-refractivity contribution in [3.8, 4) is 23.0 Å². The maximum atomic E-state index is 11.4. The number of hydrogen-bond acceptors (Lipinski definition) is 7. The van der Waals surface area contributed by atoms with E-state index < -0.39 is 0 Å². The van der Waals surface area contributed by atoms with Crippen LogP contribution in [0.5, 0.6) is 11.8 Å². The Morgan fingerprint density at radius 3 is 2.15 bits per heavy atom. The fourth-order valence-electron chi connectivity index (χ4n) is 2.22. The first-order valence-corrected chi connectivity index (χ1v) is 7.97. The van der Waals surface area contributed by atoms with Crippen LogP contribution in [-0.4, -0.2) is 41.2 Å². The van der Waals surface area contributed by atoms with Gasteiger partial charge in [0.2, 0.25) is 11.8 Å². The van der Waals surface area contributed by atoms with Gasteiger partial charge in [-0.2, -0.15) is 0 Å². The molecule has 0 radical (unpaired) electrons. The van der Waals surface area contributed by atoms with Crippen LogP contribution in [0.2, 0.25) is 0 Å². The second-order valence-corrected chi connectivity index (χ2v) is 5.64. The molecule has 4 rings (SSSR count). The second kappa shape index (κ2) is 9.63. The van der Waals surface area contributed by atoms with Crippen molar-refractivity contribution in [2.45, 2.75) is 19.3 Å². The Morgan fingerprint density at radius 1 is 1.04 bits per heavy atom. The number of aromatic nitrogens is 4. The third-order valence-electron chi connectivity index (χ3n) is 3.60. The van der Waals surface area contributed by atoms with Crippen LogP contribution in [0, 0.1) is 5.21 Å². The molecule has 1 N–H and O–H groups in total. The van der Waals surface area contributed by atoms with E-state index in [9.17, 15) is 5.21 Å². The summed E-state index contributed by atoms with van der Waals surface area (Å²) >= 11 is 0. The van der Waals surface area contributed by atoms with Gasteiger partial charge in [0.15, 0.2) is 0 Å². The topological polar surface area (TPSA) is 99.2 Å². The van der Waals surface area contributed by atoms with Gasteiger partial charge in [0, 0.05) is 5.39 Å². The minimum atomic E-state index is 0. The van der Waals surface area contributed by atoms with Gasteiger partial charge < -0.3 is 24.7 Å². The quantitative estimate of drug-likeness (QED) is 0.507. The second-order valence-electron chi connectivity index (χ2n) is 5.64. The molecule has 0 aromatic carbocycles. The number of hydroxylamine groups is 1. The molecule has 0 spiro atoms. The summed E-state index contributed by atoms with van der Waals surface area (Å²) in [6, 6.07) is 3.57. The van der Waals surface area contributed by atoms with Gasteiger partial charge in [0.25, 0.3) is 0 Å². The van der Waals surface area contributed by atoms with Crippen LogP contribution in [0.3, 0.4) is 0 Å². The predicted molar refractivity (Wildman–Crippen MR) is 95.8 cm³/mol. The van der Waals surface area contributed by atoms with Crippen molar-refractivity contribution in [1.29, 1.82) is 0 Å². The number of hydrogen-bond donors (Lipinski definition) is 1. The third kappa shape index (κ3) is 4.93. The third-order valence-corrected chi connectivity index (χ3v) is 3.60. The summed E-state index contributed by atoms with van der Waals surface area (Å²) in [6.07, 6.45) is 7.47. The van der Waals surface area contributed by atoms with E-state index in [2.05, 4.69) is 19.9 Å². The van der Waals surface area contributed by atoms with E-state index in [0.717, 1.165) is 16.6 Å². The Kier molecular flexibility index (Phi) is 7.80. The summed E-state index contributed by atoms with van der Waals surface area (Å²) in [5.41, 5.74) is 2.12. The minimum Gasteiger partial charge on any atom is -0.757 e. The molecular weight excluding hydrogens is 361 g/mol. The number of nitrogens with one attached hydrogen (secondary N) is 1. The molecule has 0 aliphatic heterocycles. The van der Waals surface area contributed by atoms with Gasteiger partial charge >= 0.3 is 51.4 Å². The molecule has 0 bridgehead atoms. The summed E-state index contributed by atoms with van der Waals surface area (Å²) in [7, 11) is 4.46. The number of ether oxygens (including phenoxy) is 2. The van der Waals surface area contributed by atoms with Gasteiger partial charge in [-0.05, 0) is 19.2 Å². The smallest absolute Gasteiger partial charge is 0.757 e. The molecule has 3 aromatic heterocycles. The Hall–Kier alpha value is -1.23. The van der Waals surface area contributed by atoms with Crippen molar-refractivity contribution >= 4 is 16.7 Å². The zero-order chi connectivity index (χ0) is 17.8. The monoisotopic (exact) mass is 381 g/mol. The van der Waals surface area contributed by atoms with Crippen molar-refractivity contribution in [1.82, 2.24) is 19.9 Å². The number of pyridine rings is 1. The number of H-pyrrole nitrogens is 1. The molecule has 0 amide bonds. The van der Waals surface area contributed by atoms with Crippen LogP contribution in [0.4, 0.5) is 5.82 Å². The molecule has 0 unspecified atom stereocenters. The van der Waals surface area contributed by atoms with Gasteiger partial charge in [-0.25, -0.2) is 15.0 Å². The molecule has 26 heavy (non-hydrogen) atoms. The molecule has 1 aliphatic carbocycles. The van der Waals surface area contributed by atoms with Gasteiger partial charge in [-0.1, -0.05) is 19.3 Å². The molecule has 132 valence electrons. The molecule has 3 aromatic rings. The predicted octanol–water partition coefficient (Wildman–Crippen LogP) is 0.145. The van der Waals surface area contributed by atoms with Crippen LogP contribution in [-0.2, 0) is 0 Å². The SMILES string of the molecule is C1CC1.COc1ncnc(OC)c1-c1cc2cc(N(C)[O-])ncc2[nH]1.[K+]. The van der Waals surface area contributed by atoms with E-state index in [4.69, 9.17) is 9.47 Å². The van der Waals surface area contributed by atoms with Crippen molar-refractivity contribution in [2.24, 2.45) is 0 Å². The number of aromatic amines is 1. The Morgan fingerprint density at radius 2 is 1.65 bits per heavy atom. The summed E-state index contributed by atoms with van der Waals surface area (Å²) in [4.78, 5) is 15.5.